The molecule has 5 heteroatoms. The van der Waals surface area contributed by atoms with Crippen LogP contribution in [0.2, 0.25) is 0 Å². The van der Waals surface area contributed by atoms with Crippen LogP contribution in [-0.2, 0) is 13.1 Å². The van der Waals surface area contributed by atoms with Crippen LogP contribution >= 0.6 is 15.9 Å². The van der Waals surface area contributed by atoms with Gasteiger partial charge >= 0.3 is 0 Å². The molecule has 0 spiro atoms. The van der Waals surface area contributed by atoms with Crippen LogP contribution in [0.15, 0.2) is 39.4 Å². The van der Waals surface area contributed by atoms with Crippen LogP contribution in [0, 0.1) is 0 Å². The molecule has 4 nitrogen and oxygen atoms in total. The summed E-state index contributed by atoms with van der Waals surface area (Å²) in [4.78, 5) is 0. The average molecular weight is 327 g/mol. The van der Waals surface area contributed by atoms with E-state index in [1.165, 1.54) is 0 Å². The summed E-state index contributed by atoms with van der Waals surface area (Å²) in [6.45, 7) is 1.67. The number of benzene rings is 1. The fourth-order valence-corrected chi connectivity index (χ4v) is 2.55. The average Bonchev–Trinajstić information content (AvgIpc) is 2.91. The third-order valence-electron chi connectivity index (χ3n) is 2.80. The first-order valence-electron chi connectivity index (χ1n) is 5.99. The number of quaternary nitrogens is 1. The molecule has 0 saturated carbocycles. The second-order valence-corrected chi connectivity index (χ2v) is 4.94. The molecule has 1 heterocycles. The third-order valence-corrected chi connectivity index (χ3v) is 3.39. The highest BCUT2D eigenvalue weighted by Crippen LogP contribution is 2.35. The van der Waals surface area contributed by atoms with E-state index in [1.807, 2.05) is 24.3 Å². The van der Waals surface area contributed by atoms with Gasteiger partial charge in [0, 0.05) is 5.56 Å². The number of hydrogen-bond acceptors (Lipinski definition) is 3. The molecule has 102 valence electrons. The molecule has 0 fully saturated rings. The maximum absolute atomic E-state index is 5.32. The Kier molecular flexibility index (Phi) is 4.87. The molecule has 0 amide bonds. The van der Waals surface area contributed by atoms with Crippen LogP contribution in [0.4, 0.5) is 0 Å². The van der Waals surface area contributed by atoms with E-state index in [1.54, 1.807) is 20.5 Å². The molecule has 2 N–H and O–H groups in total. The SMILES string of the molecule is COc1cc(C[NH2+]Cc2ccco2)cc(Br)c1OC. The maximum atomic E-state index is 5.32. The van der Waals surface area contributed by atoms with Gasteiger partial charge in [0.15, 0.2) is 17.3 Å². The number of furan rings is 1. The Morgan fingerprint density at radius 2 is 2.05 bits per heavy atom. The minimum absolute atomic E-state index is 0.720. The normalized spacial score (nSPS) is 10.5. The molecule has 0 bridgehead atoms. The Hall–Kier alpha value is -1.46. The zero-order valence-electron chi connectivity index (χ0n) is 11.0. The summed E-state index contributed by atoms with van der Waals surface area (Å²) in [6, 6.07) is 7.90. The Morgan fingerprint density at radius 3 is 2.68 bits per heavy atom. The van der Waals surface area contributed by atoms with Crippen LogP contribution < -0.4 is 14.8 Å². The van der Waals surface area contributed by atoms with Crippen molar-refractivity contribution in [3.63, 3.8) is 0 Å². The van der Waals surface area contributed by atoms with Crippen molar-refractivity contribution in [1.82, 2.24) is 0 Å². The Balaban J connectivity index is 2.02. The van der Waals surface area contributed by atoms with Crippen LogP contribution in [0.25, 0.3) is 0 Å². The van der Waals surface area contributed by atoms with E-state index in [0.717, 1.165) is 40.4 Å². The Morgan fingerprint density at radius 1 is 1.21 bits per heavy atom. The van der Waals surface area contributed by atoms with Crippen LogP contribution in [0.3, 0.4) is 0 Å². The van der Waals surface area contributed by atoms with E-state index in [-0.39, 0.29) is 0 Å². The van der Waals surface area contributed by atoms with Gasteiger partial charge in [-0.15, -0.1) is 0 Å². The molecule has 2 rings (SSSR count). The fourth-order valence-electron chi connectivity index (χ4n) is 1.90. The molecule has 0 atom stereocenters. The van der Waals surface area contributed by atoms with Crippen molar-refractivity contribution >= 4 is 15.9 Å². The molecule has 2 aromatic rings. The highest BCUT2D eigenvalue weighted by Gasteiger charge is 2.11. The first kappa shape index (κ1) is 14.0. The van der Waals surface area contributed by atoms with Gasteiger partial charge in [-0.25, -0.2) is 0 Å². The Labute approximate surface area is 120 Å². The summed E-state index contributed by atoms with van der Waals surface area (Å²) in [5, 5.41) is 2.17. The Bertz CT molecular complexity index is 526. The van der Waals surface area contributed by atoms with E-state index in [2.05, 4.69) is 21.2 Å². The first-order valence-corrected chi connectivity index (χ1v) is 6.78. The van der Waals surface area contributed by atoms with Crippen LogP contribution in [0.5, 0.6) is 11.5 Å². The first-order chi connectivity index (χ1) is 9.24. The van der Waals surface area contributed by atoms with Crippen molar-refractivity contribution in [2.75, 3.05) is 14.2 Å². The lowest BCUT2D eigenvalue weighted by Gasteiger charge is -2.11. The molecule has 1 aromatic carbocycles. The van der Waals surface area contributed by atoms with Gasteiger partial charge in [0.25, 0.3) is 0 Å². The van der Waals surface area contributed by atoms with Gasteiger partial charge in [0.05, 0.1) is 25.0 Å². The smallest absolute Gasteiger partial charge is 0.174 e. The molecule has 0 aliphatic rings. The second-order valence-electron chi connectivity index (χ2n) is 4.09. The van der Waals surface area contributed by atoms with Gasteiger partial charge in [0.1, 0.15) is 13.1 Å². The van der Waals surface area contributed by atoms with E-state index >= 15 is 0 Å². The zero-order valence-corrected chi connectivity index (χ0v) is 12.6. The monoisotopic (exact) mass is 326 g/mol. The standard InChI is InChI=1S/C14H16BrNO3/c1-17-13-7-10(6-12(15)14(13)18-2)8-16-9-11-4-3-5-19-11/h3-7,16H,8-9H2,1-2H3/p+1. The quantitative estimate of drug-likeness (QED) is 0.886. The van der Waals surface area contributed by atoms with Gasteiger partial charge in [-0.1, -0.05) is 0 Å². The molecule has 0 unspecified atom stereocenters. The topological polar surface area (TPSA) is 48.2 Å². The van der Waals surface area contributed by atoms with E-state index < -0.39 is 0 Å². The van der Waals surface area contributed by atoms with E-state index in [4.69, 9.17) is 13.9 Å². The summed E-state index contributed by atoms with van der Waals surface area (Å²) >= 11 is 3.49. The van der Waals surface area contributed by atoms with Crippen molar-refractivity contribution in [3.05, 3.63) is 46.3 Å². The van der Waals surface area contributed by atoms with Gasteiger partial charge in [-0.3, -0.25) is 0 Å². The highest BCUT2D eigenvalue weighted by atomic mass is 79.9. The number of halogens is 1. The predicted octanol–water partition coefficient (Wildman–Crippen LogP) is 2.32. The van der Waals surface area contributed by atoms with Gasteiger partial charge in [-0.05, 0) is 40.2 Å². The number of rotatable bonds is 6. The van der Waals surface area contributed by atoms with Gasteiger partial charge in [-0.2, -0.15) is 0 Å². The summed E-state index contributed by atoms with van der Waals surface area (Å²) in [5.74, 6) is 2.43. The van der Waals surface area contributed by atoms with Crippen molar-refractivity contribution in [1.29, 1.82) is 0 Å². The number of hydrogen-bond donors (Lipinski definition) is 1. The number of nitrogens with two attached hydrogens (primary N) is 1. The molecule has 0 aliphatic carbocycles. The molecule has 0 saturated heterocycles. The summed E-state index contributed by atoms with van der Waals surface area (Å²) in [7, 11) is 3.27. The summed E-state index contributed by atoms with van der Waals surface area (Å²) < 4.78 is 16.8. The van der Waals surface area contributed by atoms with Gasteiger partial charge in [0.2, 0.25) is 0 Å². The van der Waals surface area contributed by atoms with Crippen molar-refractivity contribution in [2.24, 2.45) is 0 Å². The fraction of sp³-hybridized carbons (Fsp3) is 0.286. The predicted molar refractivity (Wildman–Crippen MR) is 75.3 cm³/mol. The molecule has 0 radical (unpaired) electrons. The highest BCUT2D eigenvalue weighted by molar-refractivity contribution is 9.10. The number of ether oxygens (including phenoxy) is 2. The lowest BCUT2D eigenvalue weighted by atomic mass is 10.2. The summed E-state index contributed by atoms with van der Waals surface area (Å²) in [5.41, 5.74) is 1.16. The molecule has 0 aliphatic heterocycles. The van der Waals surface area contributed by atoms with Crippen molar-refractivity contribution in [3.8, 4) is 11.5 Å². The third kappa shape index (κ3) is 3.52. The molecule has 1 aromatic heterocycles. The van der Waals surface area contributed by atoms with Crippen molar-refractivity contribution in [2.45, 2.75) is 13.1 Å². The maximum Gasteiger partial charge on any atom is 0.174 e. The van der Waals surface area contributed by atoms with E-state index in [9.17, 15) is 0 Å². The minimum atomic E-state index is 0.720. The molecule has 19 heavy (non-hydrogen) atoms. The van der Waals surface area contributed by atoms with Crippen LogP contribution in [0.1, 0.15) is 11.3 Å². The van der Waals surface area contributed by atoms with E-state index in [0.29, 0.717) is 0 Å². The summed E-state index contributed by atoms with van der Waals surface area (Å²) in [6.07, 6.45) is 1.69. The zero-order chi connectivity index (χ0) is 13.7. The molecular formula is C14H17BrNO3+. The lowest BCUT2D eigenvalue weighted by Crippen LogP contribution is -2.80. The van der Waals surface area contributed by atoms with Crippen LogP contribution in [-0.4, -0.2) is 14.2 Å². The largest absolute Gasteiger partial charge is 0.493 e. The van der Waals surface area contributed by atoms with Crippen molar-refractivity contribution < 1.29 is 19.2 Å². The lowest BCUT2D eigenvalue weighted by molar-refractivity contribution is -0.688. The molecular weight excluding hydrogens is 310 g/mol. The second kappa shape index (κ2) is 6.63. The number of methoxy groups -OCH3 is 2. The minimum Gasteiger partial charge on any atom is -0.493 e. The van der Waals surface area contributed by atoms with Gasteiger partial charge < -0.3 is 19.2 Å².